The lowest BCUT2D eigenvalue weighted by atomic mass is 10.0. The minimum atomic E-state index is -0.346. The molecular formula is C23H25NO3S. The standard InChI is InChI=1S/C23H25NO3S/c1-16-8-9-19-17(2)20(23(26)27-21(19)14-16)10-11-22(25)24-12-13-28-15-18-6-4-3-5-7-18/h3-9,14H,10-13,15H2,1-2H3,(H,24,25). The molecule has 0 aliphatic carbocycles. The molecule has 0 aliphatic rings. The quantitative estimate of drug-likeness (QED) is 0.454. The third kappa shape index (κ3) is 5.26. The molecular weight excluding hydrogens is 370 g/mol. The summed E-state index contributed by atoms with van der Waals surface area (Å²) in [5.74, 6) is 1.76. The van der Waals surface area contributed by atoms with Gasteiger partial charge in [0.25, 0.3) is 0 Å². The Morgan fingerprint density at radius 3 is 2.68 bits per heavy atom. The lowest BCUT2D eigenvalue weighted by Gasteiger charge is -2.09. The number of fused-ring (bicyclic) bond motifs is 1. The second-order valence-electron chi connectivity index (χ2n) is 6.88. The van der Waals surface area contributed by atoms with Crippen LogP contribution in [0.25, 0.3) is 11.0 Å². The Morgan fingerprint density at radius 2 is 1.89 bits per heavy atom. The molecule has 5 heteroatoms. The second-order valence-corrected chi connectivity index (χ2v) is 7.99. The first-order valence-electron chi connectivity index (χ1n) is 9.46. The Labute approximate surface area is 169 Å². The van der Waals surface area contributed by atoms with Crippen molar-refractivity contribution in [2.45, 2.75) is 32.4 Å². The van der Waals surface area contributed by atoms with Crippen LogP contribution in [0.5, 0.6) is 0 Å². The third-order valence-corrected chi connectivity index (χ3v) is 5.76. The van der Waals surface area contributed by atoms with E-state index in [4.69, 9.17) is 4.42 Å². The van der Waals surface area contributed by atoms with Gasteiger partial charge in [-0.25, -0.2) is 4.79 Å². The van der Waals surface area contributed by atoms with E-state index in [0.29, 0.717) is 24.1 Å². The molecule has 3 rings (SSSR count). The van der Waals surface area contributed by atoms with Crippen molar-refractivity contribution in [3.05, 3.63) is 81.2 Å². The lowest BCUT2D eigenvalue weighted by molar-refractivity contribution is -0.120. The number of amides is 1. The highest BCUT2D eigenvalue weighted by Gasteiger charge is 2.13. The Morgan fingerprint density at radius 1 is 1.11 bits per heavy atom. The Hall–Kier alpha value is -2.53. The van der Waals surface area contributed by atoms with Crippen molar-refractivity contribution in [2.75, 3.05) is 12.3 Å². The van der Waals surface area contributed by atoms with E-state index < -0.39 is 0 Å². The number of carbonyl (C=O) groups is 1. The summed E-state index contributed by atoms with van der Waals surface area (Å²) >= 11 is 1.79. The average Bonchev–Trinajstić information content (AvgIpc) is 2.68. The molecule has 0 bridgehead atoms. The van der Waals surface area contributed by atoms with E-state index in [1.165, 1.54) is 5.56 Å². The number of carbonyl (C=O) groups excluding carboxylic acids is 1. The van der Waals surface area contributed by atoms with Crippen molar-refractivity contribution < 1.29 is 9.21 Å². The highest BCUT2D eigenvalue weighted by molar-refractivity contribution is 7.98. The van der Waals surface area contributed by atoms with Gasteiger partial charge in [-0.05, 0) is 43.0 Å². The SMILES string of the molecule is Cc1ccc2c(C)c(CCC(=O)NCCSCc3ccccc3)c(=O)oc2c1. The molecule has 0 radical (unpaired) electrons. The normalized spacial score (nSPS) is 10.9. The van der Waals surface area contributed by atoms with Crippen LogP contribution < -0.4 is 10.9 Å². The molecule has 0 atom stereocenters. The summed E-state index contributed by atoms with van der Waals surface area (Å²) in [7, 11) is 0. The van der Waals surface area contributed by atoms with Crippen LogP contribution in [-0.4, -0.2) is 18.2 Å². The maximum atomic E-state index is 12.3. The minimum Gasteiger partial charge on any atom is -0.423 e. The number of benzene rings is 2. The number of aryl methyl sites for hydroxylation is 2. The largest absolute Gasteiger partial charge is 0.423 e. The summed E-state index contributed by atoms with van der Waals surface area (Å²) in [6.07, 6.45) is 0.674. The van der Waals surface area contributed by atoms with E-state index in [1.54, 1.807) is 11.8 Å². The summed E-state index contributed by atoms with van der Waals surface area (Å²) in [6, 6.07) is 16.1. The van der Waals surface area contributed by atoms with Gasteiger partial charge in [0.2, 0.25) is 5.91 Å². The first-order valence-corrected chi connectivity index (χ1v) is 10.6. The summed E-state index contributed by atoms with van der Waals surface area (Å²) < 4.78 is 5.45. The van der Waals surface area contributed by atoms with Crippen molar-refractivity contribution in [2.24, 2.45) is 0 Å². The fourth-order valence-electron chi connectivity index (χ4n) is 3.14. The van der Waals surface area contributed by atoms with Gasteiger partial charge in [0.1, 0.15) is 5.58 Å². The van der Waals surface area contributed by atoms with Crippen molar-refractivity contribution >= 4 is 28.6 Å². The first kappa shape index (κ1) is 20.2. The van der Waals surface area contributed by atoms with E-state index in [-0.39, 0.29) is 18.0 Å². The third-order valence-electron chi connectivity index (χ3n) is 4.73. The molecule has 28 heavy (non-hydrogen) atoms. The molecule has 3 aromatic rings. The van der Waals surface area contributed by atoms with Gasteiger partial charge in [0.15, 0.2) is 0 Å². The molecule has 1 amide bonds. The average molecular weight is 396 g/mol. The summed E-state index contributed by atoms with van der Waals surface area (Å²) in [5.41, 5.74) is 4.08. The minimum absolute atomic E-state index is 0.0388. The molecule has 4 nitrogen and oxygen atoms in total. The summed E-state index contributed by atoms with van der Waals surface area (Å²) in [4.78, 5) is 24.4. The van der Waals surface area contributed by atoms with Crippen LogP contribution in [0.3, 0.4) is 0 Å². The van der Waals surface area contributed by atoms with Crippen LogP contribution in [0.4, 0.5) is 0 Å². The number of nitrogens with one attached hydrogen (secondary N) is 1. The van der Waals surface area contributed by atoms with Crippen LogP contribution in [-0.2, 0) is 17.0 Å². The van der Waals surface area contributed by atoms with Crippen molar-refractivity contribution in [1.82, 2.24) is 5.32 Å². The number of rotatable bonds is 8. The zero-order valence-electron chi connectivity index (χ0n) is 16.3. The Kier molecular flexibility index (Phi) is 6.93. The zero-order valence-corrected chi connectivity index (χ0v) is 17.1. The van der Waals surface area contributed by atoms with E-state index in [2.05, 4.69) is 17.4 Å². The molecule has 1 aromatic heterocycles. The number of thioether (sulfide) groups is 1. The van der Waals surface area contributed by atoms with E-state index in [1.807, 2.05) is 50.2 Å². The highest BCUT2D eigenvalue weighted by atomic mass is 32.2. The fraction of sp³-hybridized carbons (Fsp3) is 0.304. The first-order chi connectivity index (χ1) is 13.5. The van der Waals surface area contributed by atoms with Gasteiger partial charge in [-0.2, -0.15) is 11.8 Å². The van der Waals surface area contributed by atoms with Crippen LogP contribution in [0.15, 0.2) is 57.7 Å². The van der Waals surface area contributed by atoms with Crippen molar-refractivity contribution in [1.29, 1.82) is 0 Å². The van der Waals surface area contributed by atoms with E-state index in [9.17, 15) is 9.59 Å². The van der Waals surface area contributed by atoms with Gasteiger partial charge in [0, 0.05) is 35.4 Å². The second kappa shape index (κ2) is 9.60. The molecule has 1 N–H and O–H groups in total. The number of hydrogen-bond acceptors (Lipinski definition) is 4. The smallest absolute Gasteiger partial charge is 0.339 e. The molecule has 0 saturated heterocycles. The molecule has 146 valence electrons. The molecule has 0 spiro atoms. The molecule has 1 heterocycles. The topological polar surface area (TPSA) is 59.3 Å². The maximum Gasteiger partial charge on any atom is 0.339 e. The van der Waals surface area contributed by atoms with Crippen LogP contribution in [0.2, 0.25) is 0 Å². The highest BCUT2D eigenvalue weighted by Crippen LogP contribution is 2.21. The fourth-order valence-corrected chi connectivity index (χ4v) is 3.96. The molecule has 0 fully saturated rings. The van der Waals surface area contributed by atoms with Crippen LogP contribution >= 0.6 is 11.8 Å². The van der Waals surface area contributed by atoms with Gasteiger partial charge < -0.3 is 9.73 Å². The van der Waals surface area contributed by atoms with Crippen molar-refractivity contribution in [3.63, 3.8) is 0 Å². The van der Waals surface area contributed by atoms with Crippen LogP contribution in [0.1, 0.15) is 28.7 Å². The molecule has 0 unspecified atom stereocenters. The number of hydrogen-bond donors (Lipinski definition) is 1. The van der Waals surface area contributed by atoms with Gasteiger partial charge >= 0.3 is 5.63 Å². The maximum absolute atomic E-state index is 12.3. The summed E-state index contributed by atoms with van der Waals surface area (Å²) in [6.45, 7) is 4.51. The predicted molar refractivity (Wildman–Crippen MR) is 116 cm³/mol. The molecule has 0 aliphatic heterocycles. The summed E-state index contributed by atoms with van der Waals surface area (Å²) in [5, 5.41) is 3.86. The Balaban J connectivity index is 1.48. The zero-order chi connectivity index (χ0) is 19.9. The Bertz CT molecular complexity index is 1010. The van der Waals surface area contributed by atoms with Gasteiger partial charge in [-0.15, -0.1) is 0 Å². The molecule has 2 aromatic carbocycles. The van der Waals surface area contributed by atoms with Gasteiger partial charge in [0.05, 0.1) is 0 Å². The van der Waals surface area contributed by atoms with E-state index in [0.717, 1.165) is 28.0 Å². The van der Waals surface area contributed by atoms with Gasteiger partial charge in [-0.3, -0.25) is 4.79 Å². The van der Waals surface area contributed by atoms with E-state index >= 15 is 0 Å². The monoisotopic (exact) mass is 395 g/mol. The van der Waals surface area contributed by atoms with Gasteiger partial charge in [-0.1, -0.05) is 42.5 Å². The van der Waals surface area contributed by atoms with Crippen LogP contribution in [0, 0.1) is 13.8 Å². The molecule has 0 saturated carbocycles. The van der Waals surface area contributed by atoms with Crippen molar-refractivity contribution in [3.8, 4) is 0 Å². The lowest BCUT2D eigenvalue weighted by Crippen LogP contribution is -2.26. The predicted octanol–water partition coefficient (Wildman–Crippen LogP) is 4.39.